The average Bonchev–Trinajstić information content (AvgIpc) is 2.65. The van der Waals surface area contributed by atoms with E-state index in [1.807, 2.05) is 6.07 Å². The number of rotatable bonds is 6. The Bertz CT molecular complexity index is 730. The lowest BCUT2D eigenvalue weighted by molar-refractivity contribution is -0.486. The molecule has 29 heavy (non-hydrogen) atoms. The molecule has 0 saturated carbocycles. The molecule has 8 heteroatoms. The standard InChI is InChI=1S/C21H30N2O6/c1-5-28-18(24)21(17(14-23(26)27)16-10-7-6-8-11-16)12-9-13-22(15-21)19(25)29-20(2,3)4/h6-8,10-11,17H,5,9,12-15H2,1-4H3. The molecule has 1 aromatic rings. The summed E-state index contributed by atoms with van der Waals surface area (Å²) in [7, 11) is 0. The van der Waals surface area contributed by atoms with Gasteiger partial charge in [-0.3, -0.25) is 14.9 Å². The Morgan fingerprint density at radius 3 is 2.48 bits per heavy atom. The van der Waals surface area contributed by atoms with Gasteiger partial charge in [0.15, 0.2) is 0 Å². The third-order valence-corrected chi connectivity index (χ3v) is 5.06. The normalized spacial score (nSPS) is 20.6. The number of carbonyl (C=O) groups excluding carboxylic acids is 2. The predicted octanol–water partition coefficient (Wildman–Crippen LogP) is 3.63. The number of hydrogen-bond donors (Lipinski definition) is 0. The van der Waals surface area contributed by atoms with Gasteiger partial charge in [0.25, 0.3) is 0 Å². The lowest BCUT2D eigenvalue weighted by atomic mass is 9.67. The molecule has 1 fully saturated rings. The van der Waals surface area contributed by atoms with Crippen molar-refractivity contribution >= 4 is 12.1 Å². The zero-order valence-electron chi connectivity index (χ0n) is 17.6. The van der Waals surface area contributed by atoms with Crippen LogP contribution in [-0.4, -0.2) is 53.7 Å². The molecule has 1 saturated heterocycles. The predicted molar refractivity (Wildman–Crippen MR) is 107 cm³/mol. The van der Waals surface area contributed by atoms with Gasteiger partial charge >= 0.3 is 12.1 Å². The minimum atomic E-state index is -1.21. The Morgan fingerprint density at radius 1 is 1.28 bits per heavy atom. The van der Waals surface area contributed by atoms with Crippen LogP contribution in [0.1, 0.15) is 52.0 Å². The van der Waals surface area contributed by atoms with E-state index >= 15 is 0 Å². The van der Waals surface area contributed by atoms with Crippen LogP contribution in [0.5, 0.6) is 0 Å². The first kappa shape index (κ1) is 22.6. The number of likely N-dealkylation sites (tertiary alicyclic amines) is 1. The summed E-state index contributed by atoms with van der Waals surface area (Å²) in [4.78, 5) is 38.4. The molecule has 1 aliphatic rings. The van der Waals surface area contributed by atoms with Gasteiger partial charge in [-0.25, -0.2) is 4.79 Å². The third kappa shape index (κ3) is 5.68. The van der Waals surface area contributed by atoms with E-state index < -0.39 is 40.5 Å². The van der Waals surface area contributed by atoms with E-state index in [0.29, 0.717) is 24.9 Å². The van der Waals surface area contributed by atoms with Crippen molar-refractivity contribution < 1.29 is 24.0 Å². The second-order valence-electron chi connectivity index (χ2n) is 8.36. The van der Waals surface area contributed by atoms with E-state index in [1.165, 1.54) is 4.90 Å². The largest absolute Gasteiger partial charge is 0.465 e. The highest BCUT2D eigenvalue weighted by atomic mass is 16.6. The molecule has 1 aromatic carbocycles. The van der Waals surface area contributed by atoms with Crippen molar-refractivity contribution in [1.29, 1.82) is 0 Å². The summed E-state index contributed by atoms with van der Waals surface area (Å²) in [5, 5.41) is 11.5. The van der Waals surface area contributed by atoms with Gasteiger partial charge in [0.2, 0.25) is 6.54 Å². The number of hydrogen-bond acceptors (Lipinski definition) is 6. The van der Waals surface area contributed by atoms with Crippen LogP contribution in [0.4, 0.5) is 4.79 Å². The van der Waals surface area contributed by atoms with Gasteiger partial charge in [-0.05, 0) is 46.1 Å². The van der Waals surface area contributed by atoms with Gasteiger partial charge in [0.1, 0.15) is 5.60 Å². The lowest BCUT2D eigenvalue weighted by Crippen LogP contribution is -2.55. The minimum absolute atomic E-state index is 0.0220. The number of nitrogens with zero attached hydrogens (tertiary/aromatic N) is 2. The molecule has 0 aliphatic carbocycles. The van der Waals surface area contributed by atoms with Gasteiger partial charge < -0.3 is 14.4 Å². The van der Waals surface area contributed by atoms with Crippen LogP contribution in [0.2, 0.25) is 0 Å². The zero-order valence-corrected chi connectivity index (χ0v) is 17.6. The van der Waals surface area contributed by atoms with Crippen LogP contribution >= 0.6 is 0 Å². The number of nitro groups is 1. The molecule has 1 amide bonds. The van der Waals surface area contributed by atoms with Crippen molar-refractivity contribution in [1.82, 2.24) is 4.90 Å². The summed E-state index contributed by atoms with van der Waals surface area (Å²) >= 11 is 0. The number of piperidine rings is 1. The lowest BCUT2D eigenvalue weighted by Gasteiger charge is -2.44. The Hall–Kier alpha value is -2.64. The fraction of sp³-hybridized carbons (Fsp3) is 0.619. The van der Waals surface area contributed by atoms with Crippen molar-refractivity contribution in [2.24, 2.45) is 5.41 Å². The smallest absolute Gasteiger partial charge is 0.410 e. The van der Waals surface area contributed by atoms with Crippen LogP contribution in [0.15, 0.2) is 30.3 Å². The summed E-state index contributed by atoms with van der Waals surface area (Å²) in [6.07, 6.45) is 0.399. The molecule has 0 N–H and O–H groups in total. The van der Waals surface area contributed by atoms with Crippen molar-refractivity contribution in [2.45, 2.75) is 52.1 Å². The minimum Gasteiger partial charge on any atom is -0.465 e. The molecule has 0 radical (unpaired) electrons. The summed E-state index contributed by atoms with van der Waals surface area (Å²) in [6, 6.07) is 8.95. The van der Waals surface area contributed by atoms with Gasteiger partial charge in [0.05, 0.1) is 17.9 Å². The summed E-state index contributed by atoms with van der Waals surface area (Å²) < 4.78 is 10.8. The summed E-state index contributed by atoms with van der Waals surface area (Å²) in [6.45, 7) is 7.19. The van der Waals surface area contributed by atoms with Crippen LogP contribution in [0.3, 0.4) is 0 Å². The Balaban J connectivity index is 2.46. The topological polar surface area (TPSA) is 99.0 Å². The zero-order chi connectivity index (χ0) is 21.7. The monoisotopic (exact) mass is 406 g/mol. The number of ether oxygens (including phenoxy) is 2. The Labute approximate surface area is 171 Å². The first-order chi connectivity index (χ1) is 13.6. The number of esters is 1. The summed E-state index contributed by atoms with van der Waals surface area (Å²) in [5.41, 5.74) is -1.20. The maximum absolute atomic E-state index is 13.1. The molecule has 0 aromatic heterocycles. The van der Waals surface area contributed by atoms with Crippen LogP contribution in [0.25, 0.3) is 0 Å². The quantitative estimate of drug-likeness (QED) is 0.406. The van der Waals surface area contributed by atoms with Crippen molar-refractivity contribution in [3.8, 4) is 0 Å². The van der Waals surface area contributed by atoms with Crippen molar-refractivity contribution in [3.05, 3.63) is 46.0 Å². The van der Waals surface area contributed by atoms with E-state index in [0.717, 1.165) is 0 Å². The molecule has 0 bridgehead atoms. The van der Waals surface area contributed by atoms with E-state index in [-0.39, 0.29) is 13.2 Å². The fourth-order valence-corrected chi connectivity index (χ4v) is 3.87. The number of amides is 1. The molecule has 2 atom stereocenters. The highest BCUT2D eigenvalue weighted by Gasteiger charge is 2.53. The number of benzene rings is 1. The summed E-state index contributed by atoms with van der Waals surface area (Å²) in [5.74, 6) is -1.23. The first-order valence-corrected chi connectivity index (χ1v) is 9.91. The molecule has 1 heterocycles. The SMILES string of the molecule is CCOC(=O)C1(C(C[N+](=O)[O-])c2ccccc2)CCCN(C(=O)OC(C)(C)C)C1. The van der Waals surface area contributed by atoms with Crippen LogP contribution in [-0.2, 0) is 14.3 Å². The molecule has 0 spiro atoms. The molecule has 2 rings (SSSR count). The first-order valence-electron chi connectivity index (χ1n) is 9.91. The van der Waals surface area contributed by atoms with Gasteiger partial charge in [-0.2, -0.15) is 0 Å². The maximum Gasteiger partial charge on any atom is 0.410 e. The molecular weight excluding hydrogens is 376 g/mol. The third-order valence-electron chi connectivity index (χ3n) is 5.06. The number of carbonyl (C=O) groups is 2. The van der Waals surface area contributed by atoms with Gasteiger partial charge in [-0.1, -0.05) is 30.3 Å². The van der Waals surface area contributed by atoms with Gasteiger partial charge in [-0.15, -0.1) is 0 Å². The van der Waals surface area contributed by atoms with E-state index in [1.54, 1.807) is 52.0 Å². The van der Waals surface area contributed by atoms with Crippen LogP contribution in [0, 0.1) is 15.5 Å². The van der Waals surface area contributed by atoms with Crippen molar-refractivity contribution in [3.63, 3.8) is 0 Å². The van der Waals surface area contributed by atoms with E-state index in [4.69, 9.17) is 9.47 Å². The molecule has 8 nitrogen and oxygen atoms in total. The highest BCUT2D eigenvalue weighted by Crippen LogP contribution is 2.45. The maximum atomic E-state index is 13.1. The van der Waals surface area contributed by atoms with E-state index in [9.17, 15) is 19.7 Å². The molecule has 1 aliphatic heterocycles. The fourth-order valence-electron chi connectivity index (χ4n) is 3.87. The molecule has 160 valence electrons. The van der Waals surface area contributed by atoms with Gasteiger partial charge in [0, 0.05) is 18.0 Å². The molecule has 2 unspecified atom stereocenters. The van der Waals surface area contributed by atoms with Crippen molar-refractivity contribution in [2.75, 3.05) is 26.2 Å². The second kappa shape index (κ2) is 9.24. The molecular formula is C21H30N2O6. The highest BCUT2D eigenvalue weighted by molar-refractivity contribution is 5.80. The Morgan fingerprint density at radius 2 is 1.93 bits per heavy atom. The second-order valence-corrected chi connectivity index (χ2v) is 8.36. The van der Waals surface area contributed by atoms with E-state index in [2.05, 4.69) is 0 Å². The Kier molecular flexibility index (Phi) is 7.21. The average molecular weight is 406 g/mol. The van der Waals surface area contributed by atoms with Crippen LogP contribution < -0.4 is 0 Å².